The van der Waals surface area contributed by atoms with Crippen LogP contribution >= 0.6 is 9.24 Å². The van der Waals surface area contributed by atoms with Crippen LogP contribution in [0.1, 0.15) is 35.2 Å². The fourth-order valence-corrected chi connectivity index (χ4v) is 1.27. The molecule has 0 aliphatic heterocycles. The monoisotopic (exact) mass is 260 g/mol. The van der Waals surface area contributed by atoms with Crippen LogP contribution in [0.5, 0.6) is 0 Å². The number of aromatic nitrogens is 1. The quantitative estimate of drug-likeness (QED) is 0.656. The van der Waals surface area contributed by atoms with Crippen LogP contribution in [-0.2, 0) is 6.61 Å². The Bertz CT molecular complexity index is 403. The van der Waals surface area contributed by atoms with Gasteiger partial charge in [0.15, 0.2) is 11.5 Å². The summed E-state index contributed by atoms with van der Waals surface area (Å²) < 4.78 is 4.80. The zero-order chi connectivity index (χ0) is 13.1. The number of aliphatic hydroxyl groups excluding tert-OH is 1. The van der Waals surface area contributed by atoms with Crippen molar-refractivity contribution in [3.63, 3.8) is 0 Å². The first kappa shape index (κ1) is 14.1. The topological polar surface area (TPSA) is 95.6 Å². The normalized spacial score (nSPS) is 14.4. The van der Waals surface area contributed by atoms with Gasteiger partial charge in [0, 0.05) is 5.56 Å². The molecule has 96 valence electrons. The fourth-order valence-electron chi connectivity index (χ4n) is 1.17. The minimum atomic E-state index is -1.02. The second-order valence-corrected chi connectivity index (χ2v) is 4.95. The van der Waals surface area contributed by atoms with Crippen molar-refractivity contribution < 1.29 is 19.5 Å². The Kier molecular flexibility index (Phi) is 4.62. The Morgan fingerprint density at radius 2 is 2.29 bits per heavy atom. The van der Waals surface area contributed by atoms with E-state index in [1.807, 2.05) is 6.92 Å². The van der Waals surface area contributed by atoms with Crippen molar-refractivity contribution in [3.05, 3.63) is 17.0 Å². The lowest BCUT2D eigenvalue weighted by atomic mass is 10.2. The van der Waals surface area contributed by atoms with Crippen LogP contribution < -0.4 is 5.32 Å². The smallest absolute Gasteiger partial charge is 0.273 e. The molecule has 0 radical (unpaired) electrons. The highest BCUT2D eigenvalue weighted by Gasteiger charge is 2.22. The number of nitrogens with zero attached hydrogens (tertiary/aromatic N) is 1. The molecule has 0 aromatic carbocycles. The van der Waals surface area contributed by atoms with Gasteiger partial charge in [0.1, 0.15) is 6.61 Å². The first-order valence-electron chi connectivity index (χ1n) is 5.26. The molecule has 2 unspecified atom stereocenters. The van der Waals surface area contributed by atoms with E-state index in [-0.39, 0.29) is 24.6 Å². The SMILES string of the molecule is CCC(O)(P)CNC(=O)c1noc(CO)c1C. The Hall–Kier alpha value is -0.970. The second-order valence-electron chi connectivity index (χ2n) is 3.88. The molecule has 2 atom stereocenters. The molecule has 1 aromatic rings. The van der Waals surface area contributed by atoms with Crippen LogP contribution in [0, 0.1) is 6.92 Å². The summed E-state index contributed by atoms with van der Waals surface area (Å²) in [6, 6.07) is 0. The van der Waals surface area contributed by atoms with Gasteiger partial charge in [0.2, 0.25) is 0 Å². The van der Waals surface area contributed by atoms with Crippen molar-refractivity contribution in [2.75, 3.05) is 6.54 Å². The standard InChI is InChI=1S/C10H17N2O4P/c1-3-10(15,17)5-11-9(14)8-6(2)7(4-13)16-12-8/h13,15H,3-5,17H2,1-2H3,(H,11,14). The number of amides is 1. The summed E-state index contributed by atoms with van der Waals surface area (Å²) in [5.41, 5.74) is 0.639. The van der Waals surface area contributed by atoms with Gasteiger partial charge in [-0.2, -0.15) is 0 Å². The number of hydrogen-bond acceptors (Lipinski definition) is 5. The van der Waals surface area contributed by atoms with Gasteiger partial charge in [-0.05, 0) is 13.3 Å². The minimum Gasteiger partial charge on any atom is -0.388 e. The number of aliphatic hydroxyl groups is 2. The predicted octanol–water partition coefficient (Wildman–Crippen LogP) is 0.179. The average Bonchev–Trinajstić information content (AvgIpc) is 2.67. The molecule has 1 heterocycles. The molecule has 1 amide bonds. The predicted molar refractivity (Wildman–Crippen MR) is 64.4 cm³/mol. The summed E-state index contributed by atoms with van der Waals surface area (Å²) in [5, 5.41) is 23.7. The van der Waals surface area contributed by atoms with Gasteiger partial charge in [-0.3, -0.25) is 4.79 Å². The van der Waals surface area contributed by atoms with E-state index in [0.717, 1.165) is 0 Å². The van der Waals surface area contributed by atoms with Crippen LogP contribution in [0.15, 0.2) is 4.52 Å². The second kappa shape index (κ2) is 5.58. The fraction of sp³-hybridized carbons (Fsp3) is 0.600. The number of rotatable bonds is 5. The molecule has 1 rings (SSSR count). The van der Waals surface area contributed by atoms with E-state index in [1.54, 1.807) is 6.92 Å². The van der Waals surface area contributed by atoms with Crippen molar-refractivity contribution >= 4 is 15.1 Å². The molecule has 17 heavy (non-hydrogen) atoms. The summed E-state index contributed by atoms with van der Waals surface area (Å²) >= 11 is 0. The molecule has 3 N–H and O–H groups in total. The molecule has 7 heteroatoms. The highest BCUT2D eigenvalue weighted by Crippen LogP contribution is 2.18. The molecule has 0 bridgehead atoms. The van der Waals surface area contributed by atoms with Crippen molar-refractivity contribution in [2.24, 2.45) is 0 Å². The number of carbonyl (C=O) groups excluding carboxylic acids is 1. The van der Waals surface area contributed by atoms with Gasteiger partial charge in [-0.1, -0.05) is 12.1 Å². The third kappa shape index (κ3) is 3.49. The summed E-state index contributed by atoms with van der Waals surface area (Å²) in [6.45, 7) is 3.26. The Balaban J connectivity index is 2.67. The van der Waals surface area contributed by atoms with Crippen LogP contribution in [0.4, 0.5) is 0 Å². The lowest BCUT2D eigenvalue weighted by molar-refractivity contribution is 0.0867. The molecule has 0 saturated carbocycles. The number of nitrogens with one attached hydrogen (secondary N) is 1. The third-order valence-electron chi connectivity index (χ3n) is 2.55. The molecule has 0 spiro atoms. The van der Waals surface area contributed by atoms with Gasteiger partial charge in [0.25, 0.3) is 5.91 Å². The third-order valence-corrected chi connectivity index (χ3v) is 3.16. The Morgan fingerprint density at radius 3 is 2.76 bits per heavy atom. The zero-order valence-corrected chi connectivity index (χ0v) is 11.0. The van der Waals surface area contributed by atoms with Crippen LogP contribution in [0.2, 0.25) is 0 Å². The van der Waals surface area contributed by atoms with Crippen LogP contribution in [0.25, 0.3) is 0 Å². The van der Waals surface area contributed by atoms with E-state index in [2.05, 4.69) is 19.7 Å². The lowest BCUT2D eigenvalue weighted by Crippen LogP contribution is -2.38. The number of carbonyl (C=O) groups is 1. The molecular formula is C10H17N2O4P. The van der Waals surface area contributed by atoms with E-state index < -0.39 is 11.2 Å². The van der Waals surface area contributed by atoms with Crippen LogP contribution in [0.3, 0.4) is 0 Å². The highest BCUT2D eigenvalue weighted by molar-refractivity contribution is 7.18. The maximum absolute atomic E-state index is 11.7. The van der Waals surface area contributed by atoms with Gasteiger partial charge in [0.05, 0.1) is 11.9 Å². The first-order chi connectivity index (χ1) is 7.91. The molecule has 0 aliphatic rings. The average molecular weight is 260 g/mol. The first-order valence-corrected chi connectivity index (χ1v) is 5.84. The highest BCUT2D eigenvalue weighted by atomic mass is 31.0. The van der Waals surface area contributed by atoms with Gasteiger partial charge in [-0.25, -0.2) is 0 Å². The molecule has 0 aliphatic carbocycles. The molecule has 0 saturated heterocycles. The van der Waals surface area contributed by atoms with Crippen molar-refractivity contribution in [2.45, 2.75) is 32.2 Å². The summed E-state index contributed by atoms with van der Waals surface area (Å²) in [5.74, 6) is -0.160. The van der Waals surface area contributed by atoms with E-state index in [0.29, 0.717) is 12.0 Å². The van der Waals surface area contributed by atoms with Gasteiger partial charge < -0.3 is 20.1 Å². The largest absolute Gasteiger partial charge is 0.388 e. The van der Waals surface area contributed by atoms with Crippen LogP contribution in [-0.4, -0.2) is 33.2 Å². The maximum Gasteiger partial charge on any atom is 0.273 e. The Morgan fingerprint density at radius 1 is 1.65 bits per heavy atom. The molecular weight excluding hydrogens is 243 g/mol. The summed E-state index contributed by atoms with van der Waals surface area (Å²) in [6.07, 6.45) is 0.498. The maximum atomic E-state index is 11.7. The van der Waals surface area contributed by atoms with Crippen molar-refractivity contribution in [1.29, 1.82) is 0 Å². The minimum absolute atomic E-state index is 0.105. The van der Waals surface area contributed by atoms with Gasteiger partial charge >= 0.3 is 0 Å². The summed E-state index contributed by atoms with van der Waals surface area (Å²) in [4.78, 5) is 11.7. The zero-order valence-electron chi connectivity index (χ0n) is 9.86. The van der Waals surface area contributed by atoms with E-state index in [1.165, 1.54) is 0 Å². The van der Waals surface area contributed by atoms with Crippen molar-refractivity contribution in [1.82, 2.24) is 10.5 Å². The van der Waals surface area contributed by atoms with E-state index in [9.17, 15) is 9.90 Å². The van der Waals surface area contributed by atoms with Gasteiger partial charge in [-0.15, -0.1) is 9.24 Å². The molecule has 0 fully saturated rings. The molecule has 1 aromatic heterocycles. The molecule has 6 nitrogen and oxygen atoms in total. The lowest BCUT2D eigenvalue weighted by Gasteiger charge is -2.20. The summed E-state index contributed by atoms with van der Waals surface area (Å²) in [7, 11) is 2.28. The van der Waals surface area contributed by atoms with Crippen molar-refractivity contribution in [3.8, 4) is 0 Å². The number of hydrogen-bond donors (Lipinski definition) is 3. The van der Waals surface area contributed by atoms with E-state index in [4.69, 9.17) is 9.63 Å². The Labute approximate surface area is 102 Å². The van der Waals surface area contributed by atoms with E-state index >= 15 is 0 Å².